The van der Waals surface area contributed by atoms with E-state index >= 15 is 0 Å². The van der Waals surface area contributed by atoms with Gasteiger partial charge in [0.1, 0.15) is 52.2 Å². The monoisotopic (exact) mass is 1410 g/mol. The molecule has 0 spiro atoms. The van der Waals surface area contributed by atoms with Gasteiger partial charge in [-0.05, 0) is 39.2 Å². The van der Waals surface area contributed by atoms with Gasteiger partial charge in [-0.3, -0.25) is 61.1 Å². The molecule has 6 heterocycles. The molecule has 0 radical (unpaired) electrons. The highest BCUT2D eigenvalue weighted by Crippen LogP contribution is 2.49. The Hall–Kier alpha value is -4.84. The molecule has 0 aromatic carbocycles. The van der Waals surface area contributed by atoms with Gasteiger partial charge in [0.2, 0.25) is 5.91 Å². The molecule has 6 rings (SSSR count). The highest BCUT2D eigenvalue weighted by molar-refractivity contribution is 7.51. The Labute approximate surface area is 521 Å². The number of nitrogens with zero attached hydrogens (tertiary/aromatic N) is 4. The second-order valence-corrected chi connectivity index (χ2v) is 28.4. The van der Waals surface area contributed by atoms with Gasteiger partial charge in [0.15, 0.2) is 0 Å². The van der Waals surface area contributed by atoms with Crippen LogP contribution in [0.25, 0.3) is 6.08 Å². The number of hydrogen-bond donors (Lipinski definition) is 5. The van der Waals surface area contributed by atoms with Crippen LogP contribution in [-0.4, -0.2) is 141 Å². The molecule has 1 amide bonds. The molecule has 3 aromatic heterocycles. The predicted molar refractivity (Wildman–Crippen MR) is 303 cm³/mol. The fourth-order valence-corrected chi connectivity index (χ4v) is 12.9. The van der Waals surface area contributed by atoms with E-state index in [1.54, 1.807) is 6.92 Å². The lowest BCUT2D eigenvalue weighted by Gasteiger charge is -2.31. The summed E-state index contributed by atoms with van der Waals surface area (Å²) in [5, 5.41) is 12.9. The van der Waals surface area contributed by atoms with E-state index in [0.717, 1.165) is 42.8 Å². The van der Waals surface area contributed by atoms with Crippen LogP contribution in [0, 0.1) is 26.2 Å². The number of aromatic amines is 2. The number of phosphoric ester groups is 3. The van der Waals surface area contributed by atoms with Crippen LogP contribution < -0.4 is 69.3 Å². The quantitative estimate of drug-likeness (QED) is 0.00946. The summed E-state index contributed by atoms with van der Waals surface area (Å²) >= 11 is 0. The highest BCUT2D eigenvalue weighted by Gasteiger charge is 2.43. The molecule has 44 heteroatoms. The fraction of sp³-hybridized carbons (Fsp3) is 0.646. The zero-order chi connectivity index (χ0) is 67.8. The standard InChI is InChI=1S/C48H73N8O31P5/c1-5-7-9-10-15-53-45(61)31(4)25-56(48(53)64)42-23-35(37(83-42)28-78-90(69,70)77-16-8-6-2)85-89(67,68)20-18-76-87-92(73,74)80-29-38-34(22-41(82-38)55-26-32(44(60)52-47(55)63)11-12-39(58)50-14-13-49)84-88(65,66)19-17-75-86-91(71,72)79-27-36-33(57)21-40(81-36)54-24-30(3)43(59)51-46(54)62/h1,11-12,24-26,33-38,40-42,57H,6-10,13-23,27-29,49H2,2-4H3,(H,50,58)(H,65,66)(H,67,68)(H,69,70)(H,71,72)(H,73,74)(H,51,59,62)(H,52,60,63)/p-5/b12-11+. The summed E-state index contributed by atoms with van der Waals surface area (Å²) in [4.78, 5) is 167. The fourth-order valence-electron chi connectivity index (χ4n) is 8.93. The number of carbonyl (C=O) groups is 1. The number of carbonyl (C=O) groups excluding carboxylic acids is 1. The summed E-state index contributed by atoms with van der Waals surface area (Å²) in [5.74, 6) is 1.76. The minimum Gasteiger partial charge on any atom is -0.778 e. The molecule has 0 saturated carbocycles. The van der Waals surface area contributed by atoms with Gasteiger partial charge < -0.3 is 91.1 Å². The van der Waals surface area contributed by atoms with E-state index in [0.29, 0.717) is 32.1 Å². The van der Waals surface area contributed by atoms with Crippen LogP contribution in [0.3, 0.4) is 0 Å². The first kappa shape index (κ1) is 76.2. The third kappa shape index (κ3) is 22.9. The molecule has 6 N–H and O–H groups in total. The number of aromatic nitrogens is 6. The lowest BCUT2D eigenvalue weighted by Crippen LogP contribution is -2.42. The van der Waals surface area contributed by atoms with Crippen LogP contribution in [0.2, 0.25) is 0 Å². The van der Waals surface area contributed by atoms with Crippen LogP contribution >= 0.6 is 38.7 Å². The van der Waals surface area contributed by atoms with Crippen molar-refractivity contribution in [1.29, 1.82) is 0 Å². The Kier molecular flexibility index (Phi) is 28.3. The van der Waals surface area contributed by atoms with Crippen LogP contribution in [-0.2, 0) is 94.6 Å². The normalized spacial score (nSPS) is 25.0. The molecule has 3 saturated heterocycles. The number of ether oxygens (including phenoxy) is 3. The minimum atomic E-state index is -5.75. The first-order valence-corrected chi connectivity index (χ1v) is 35.9. The third-order valence-electron chi connectivity index (χ3n) is 13.5. The van der Waals surface area contributed by atoms with Crippen molar-refractivity contribution in [1.82, 2.24) is 33.6 Å². The Morgan fingerprint density at radius 3 is 1.78 bits per heavy atom. The number of nitrogens with two attached hydrogens (primary N) is 1. The molecule has 0 bridgehead atoms. The molecule has 39 nitrogen and oxygen atoms in total. The molecule has 14 unspecified atom stereocenters. The van der Waals surface area contributed by atoms with E-state index in [1.165, 1.54) is 20.0 Å². The van der Waals surface area contributed by atoms with Gasteiger partial charge in [-0.15, -0.1) is 12.3 Å². The first-order chi connectivity index (χ1) is 43.3. The van der Waals surface area contributed by atoms with E-state index in [4.69, 9.17) is 53.5 Å². The summed E-state index contributed by atoms with van der Waals surface area (Å²) in [7, 11) is -26.7. The average Bonchev–Trinajstić information content (AvgIpc) is 1.62. The van der Waals surface area contributed by atoms with Crippen LogP contribution in [0.5, 0.6) is 0 Å². The summed E-state index contributed by atoms with van der Waals surface area (Å²) in [5.41, 5.74) is 0.0851. The van der Waals surface area contributed by atoms with Gasteiger partial charge in [-0.2, -0.15) is 9.35 Å². The van der Waals surface area contributed by atoms with Crippen molar-refractivity contribution >= 4 is 50.6 Å². The lowest BCUT2D eigenvalue weighted by molar-refractivity contribution is -0.307. The van der Waals surface area contributed by atoms with Gasteiger partial charge in [-0.1, -0.05) is 13.3 Å². The predicted octanol–water partition coefficient (Wildman–Crippen LogP) is -3.11. The number of hydrogen-bond acceptors (Lipinski definition) is 32. The zero-order valence-corrected chi connectivity index (χ0v) is 53.9. The van der Waals surface area contributed by atoms with Crippen molar-refractivity contribution in [3.05, 3.63) is 104 Å². The van der Waals surface area contributed by atoms with Crippen molar-refractivity contribution in [2.45, 2.75) is 134 Å². The Bertz CT molecular complexity index is 3730. The van der Waals surface area contributed by atoms with Crippen molar-refractivity contribution < 1.29 is 118 Å². The number of aliphatic hydroxyl groups is 1. The largest absolute Gasteiger partial charge is 0.778 e. The Morgan fingerprint density at radius 1 is 0.707 bits per heavy atom. The molecule has 92 heavy (non-hydrogen) atoms. The molecule has 14 atom stereocenters. The lowest BCUT2D eigenvalue weighted by atomic mass is 10.2. The van der Waals surface area contributed by atoms with Crippen LogP contribution in [0.15, 0.2) is 53.4 Å². The molecule has 3 aliphatic rings. The molecule has 516 valence electrons. The van der Waals surface area contributed by atoms with Gasteiger partial charge in [-0.25, -0.2) is 24.2 Å². The van der Waals surface area contributed by atoms with Crippen molar-refractivity contribution in [3.63, 3.8) is 0 Å². The maximum atomic E-state index is 13.6. The molecular weight excluding hydrogens is 1340 g/mol. The number of rotatable bonds is 38. The smallest absolute Gasteiger partial charge is 0.333 e. The van der Waals surface area contributed by atoms with Crippen molar-refractivity contribution in [2.24, 2.45) is 5.73 Å². The maximum Gasteiger partial charge on any atom is 0.333 e. The Morgan fingerprint density at radius 2 is 1.22 bits per heavy atom. The highest BCUT2D eigenvalue weighted by atomic mass is 31.2. The number of aliphatic hydroxyl groups excluding tert-OH is 1. The number of amides is 1. The van der Waals surface area contributed by atoms with E-state index in [1.807, 2.05) is 4.98 Å². The van der Waals surface area contributed by atoms with Crippen LogP contribution in [0.1, 0.15) is 93.7 Å². The van der Waals surface area contributed by atoms with Crippen molar-refractivity contribution in [2.75, 3.05) is 65.1 Å². The summed E-state index contributed by atoms with van der Waals surface area (Å²) in [6, 6.07) is 0. The molecule has 0 aliphatic carbocycles. The van der Waals surface area contributed by atoms with Gasteiger partial charge in [0.25, 0.3) is 40.1 Å². The summed E-state index contributed by atoms with van der Waals surface area (Å²) in [6.45, 7) is -0.783. The first-order valence-electron chi connectivity index (χ1n) is 28.1. The van der Waals surface area contributed by atoms with Gasteiger partial charge >= 0.3 is 17.1 Å². The van der Waals surface area contributed by atoms with Crippen molar-refractivity contribution in [3.8, 4) is 12.3 Å². The number of phosphoric acid groups is 3. The molecule has 3 fully saturated rings. The van der Waals surface area contributed by atoms with Gasteiger partial charge in [0.05, 0.1) is 63.5 Å². The number of nitrogens with one attached hydrogen (secondary N) is 3. The van der Waals surface area contributed by atoms with Gasteiger partial charge in [0, 0.05) is 93.4 Å². The van der Waals surface area contributed by atoms with E-state index < -0.39 is 192 Å². The Balaban J connectivity index is 1.08. The SMILES string of the molecule is C#CCCCCn1c(=O)c(C)cn(C2CC(OP(=O)([O-])CCOOP(=O)([O-])OCC3OC(n4cc(/C=C/C(=O)NCCN)c(=O)[nH]c4=O)CC3OP(=O)([O-])CCOOP(=O)([O-])OCC3OC(n4cc(C)c(=O)[nH]c4=O)CC3O)C(COP(=O)([O-])OCCCC)O2)c1=O. The third-order valence-corrected chi connectivity index (χ3v) is 18.6. The number of H-pyrrole nitrogens is 2. The molecule has 3 aromatic rings. The zero-order valence-electron chi connectivity index (χ0n) is 49.4. The molecular formula is C48H68N8O31P5-5. The van der Waals surface area contributed by atoms with Crippen LogP contribution in [0.4, 0.5) is 0 Å². The summed E-state index contributed by atoms with van der Waals surface area (Å²) in [6.07, 6.45) is -4.79. The van der Waals surface area contributed by atoms with E-state index in [-0.39, 0.29) is 49.4 Å². The van der Waals surface area contributed by atoms with E-state index in [2.05, 4.69) is 35.3 Å². The summed E-state index contributed by atoms with van der Waals surface area (Å²) < 4.78 is 124. The molecule has 3 aliphatic heterocycles. The maximum absolute atomic E-state index is 13.6. The number of terminal acetylenes is 1. The second kappa shape index (κ2) is 34.2. The number of unbranched alkanes of at least 4 members (excludes halogenated alkanes) is 3. The number of aryl methyl sites for hydroxylation is 2. The second-order valence-electron chi connectivity index (χ2n) is 20.6. The van der Waals surface area contributed by atoms with E-state index in [9.17, 15) is 86.0 Å². The topological polar surface area (TPSA) is 550 Å². The minimum absolute atomic E-state index is 0.0417. The average molecular weight is 1410 g/mol.